The van der Waals surface area contributed by atoms with E-state index >= 15 is 0 Å². The molecule has 1 aromatic carbocycles. The fourth-order valence-electron chi connectivity index (χ4n) is 4.85. The van der Waals surface area contributed by atoms with Gasteiger partial charge in [0.25, 0.3) is 0 Å². The molecule has 5 nitrogen and oxygen atoms in total. The summed E-state index contributed by atoms with van der Waals surface area (Å²) in [7, 11) is 0. The number of carbonyl (C=O) groups is 2. The molecule has 2 aliphatic carbocycles. The number of amides is 1. The molecule has 5 heteroatoms. The van der Waals surface area contributed by atoms with Crippen molar-refractivity contribution in [3.63, 3.8) is 0 Å². The van der Waals surface area contributed by atoms with Crippen LogP contribution in [0.3, 0.4) is 0 Å². The SMILES string of the molecule is CCN(CC)C(=O)[C@@H]1C=C2c3cccc4c3c(cn4C(=O)C3CC3)C[C@H]2NC1. The van der Waals surface area contributed by atoms with Gasteiger partial charge in [0, 0.05) is 43.2 Å². The standard InChI is InChI=1S/C23H27N3O2/c1-3-25(4-2)22(27)15-10-18-17-6-5-7-20-21(17)16(11-19(18)24-12-15)13-26(20)23(28)14-8-9-14/h5-7,10,13-15,19,24H,3-4,8-9,11-12H2,1-2H3/t15-,19-/m1/s1. The molecule has 2 aromatic rings. The molecule has 1 fully saturated rings. The minimum Gasteiger partial charge on any atom is -0.343 e. The van der Waals surface area contributed by atoms with E-state index in [4.69, 9.17) is 0 Å². The van der Waals surface area contributed by atoms with Crippen molar-refractivity contribution < 1.29 is 9.59 Å². The molecule has 146 valence electrons. The van der Waals surface area contributed by atoms with Gasteiger partial charge in [0.05, 0.1) is 11.4 Å². The maximum atomic E-state index is 12.9. The van der Waals surface area contributed by atoms with E-state index in [1.807, 2.05) is 29.4 Å². The zero-order valence-corrected chi connectivity index (χ0v) is 16.6. The summed E-state index contributed by atoms with van der Waals surface area (Å²) in [5, 5.41) is 4.79. The first kappa shape index (κ1) is 17.7. The molecule has 1 aliphatic heterocycles. The van der Waals surface area contributed by atoms with Gasteiger partial charge in [-0.15, -0.1) is 0 Å². The number of benzene rings is 1. The lowest BCUT2D eigenvalue weighted by Crippen LogP contribution is -2.46. The van der Waals surface area contributed by atoms with Crippen molar-refractivity contribution in [2.75, 3.05) is 19.6 Å². The number of rotatable bonds is 4. The minimum atomic E-state index is -0.127. The predicted octanol–water partition coefficient (Wildman–Crippen LogP) is 3.09. The van der Waals surface area contributed by atoms with Gasteiger partial charge >= 0.3 is 0 Å². The summed E-state index contributed by atoms with van der Waals surface area (Å²) in [5.74, 6) is 0.499. The highest BCUT2D eigenvalue weighted by Crippen LogP contribution is 2.41. The van der Waals surface area contributed by atoms with Gasteiger partial charge < -0.3 is 10.2 Å². The van der Waals surface area contributed by atoms with Gasteiger partial charge in [-0.1, -0.05) is 18.2 Å². The first-order chi connectivity index (χ1) is 13.6. The van der Waals surface area contributed by atoms with Crippen LogP contribution < -0.4 is 5.32 Å². The Balaban J connectivity index is 1.58. The molecule has 0 radical (unpaired) electrons. The summed E-state index contributed by atoms with van der Waals surface area (Å²) < 4.78 is 1.88. The highest BCUT2D eigenvalue weighted by Gasteiger charge is 2.36. The smallest absolute Gasteiger partial charge is 0.234 e. The zero-order valence-electron chi connectivity index (χ0n) is 16.6. The number of nitrogens with one attached hydrogen (secondary N) is 1. The van der Waals surface area contributed by atoms with Crippen molar-refractivity contribution >= 4 is 28.3 Å². The van der Waals surface area contributed by atoms with Crippen LogP contribution in [-0.2, 0) is 11.2 Å². The highest BCUT2D eigenvalue weighted by atomic mass is 16.2. The maximum Gasteiger partial charge on any atom is 0.234 e. The lowest BCUT2D eigenvalue weighted by molar-refractivity contribution is -0.133. The Hall–Kier alpha value is -2.40. The normalized spacial score (nSPS) is 23.3. The maximum absolute atomic E-state index is 12.9. The van der Waals surface area contributed by atoms with Gasteiger partial charge in [0.1, 0.15) is 0 Å². The summed E-state index contributed by atoms with van der Waals surface area (Å²) in [6.07, 6.45) is 7.13. The lowest BCUT2D eigenvalue weighted by atomic mass is 9.80. The van der Waals surface area contributed by atoms with Crippen LogP contribution in [0.25, 0.3) is 16.5 Å². The van der Waals surface area contributed by atoms with Crippen LogP contribution in [0.15, 0.2) is 30.5 Å². The average molecular weight is 377 g/mol. The molecule has 2 heterocycles. The molecular formula is C23H27N3O2. The van der Waals surface area contributed by atoms with Crippen molar-refractivity contribution in [2.45, 2.75) is 39.2 Å². The highest BCUT2D eigenvalue weighted by molar-refractivity contribution is 6.04. The Labute approximate surface area is 165 Å². The topological polar surface area (TPSA) is 54.3 Å². The molecule has 2 atom stereocenters. The number of fused-ring (bicyclic) bond motifs is 2. The summed E-state index contributed by atoms with van der Waals surface area (Å²) in [6.45, 7) is 6.22. The van der Waals surface area contributed by atoms with Gasteiger partial charge in [-0.25, -0.2) is 0 Å². The van der Waals surface area contributed by atoms with Gasteiger partial charge in [0.15, 0.2) is 0 Å². The molecule has 1 amide bonds. The van der Waals surface area contributed by atoms with Crippen LogP contribution in [0.2, 0.25) is 0 Å². The molecule has 1 aromatic heterocycles. The second-order valence-corrected chi connectivity index (χ2v) is 8.24. The monoisotopic (exact) mass is 377 g/mol. The van der Waals surface area contributed by atoms with E-state index in [0.29, 0.717) is 6.54 Å². The van der Waals surface area contributed by atoms with E-state index in [1.54, 1.807) is 0 Å². The van der Waals surface area contributed by atoms with Crippen molar-refractivity contribution in [1.29, 1.82) is 0 Å². The predicted molar refractivity (Wildman–Crippen MR) is 110 cm³/mol. The molecule has 0 spiro atoms. The first-order valence-corrected chi connectivity index (χ1v) is 10.5. The van der Waals surface area contributed by atoms with Crippen LogP contribution >= 0.6 is 0 Å². The lowest BCUT2D eigenvalue weighted by Gasteiger charge is -2.34. The zero-order chi connectivity index (χ0) is 19.4. The van der Waals surface area contributed by atoms with E-state index in [2.05, 4.69) is 29.7 Å². The van der Waals surface area contributed by atoms with Gasteiger partial charge in [-0.05, 0) is 55.9 Å². The molecule has 3 aliphatic rings. The van der Waals surface area contributed by atoms with E-state index in [1.165, 1.54) is 22.1 Å². The fourth-order valence-corrected chi connectivity index (χ4v) is 4.85. The quantitative estimate of drug-likeness (QED) is 0.891. The van der Waals surface area contributed by atoms with Gasteiger partial charge in [-0.3, -0.25) is 14.2 Å². The molecule has 5 rings (SSSR count). The van der Waals surface area contributed by atoms with E-state index in [0.717, 1.165) is 37.9 Å². The third-order valence-electron chi connectivity index (χ3n) is 6.54. The Morgan fingerprint density at radius 1 is 1.21 bits per heavy atom. The van der Waals surface area contributed by atoms with Gasteiger partial charge in [-0.2, -0.15) is 0 Å². The Kier molecular flexibility index (Phi) is 4.16. The second kappa shape index (κ2) is 6.59. The summed E-state index contributed by atoms with van der Waals surface area (Å²) >= 11 is 0. The number of hydrogen-bond acceptors (Lipinski definition) is 3. The number of nitrogens with zero attached hydrogens (tertiary/aromatic N) is 2. The third kappa shape index (κ3) is 2.64. The van der Waals surface area contributed by atoms with E-state index in [9.17, 15) is 9.59 Å². The van der Waals surface area contributed by atoms with Crippen LogP contribution in [0, 0.1) is 11.8 Å². The first-order valence-electron chi connectivity index (χ1n) is 10.5. The Morgan fingerprint density at radius 3 is 2.71 bits per heavy atom. The molecule has 28 heavy (non-hydrogen) atoms. The van der Waals surface area contributed by atoms with Crippen molar-refractivity contribution in [1.82, 2.24) is 14.8 Å². The Bertz CT molecular complexity index is 995. The van der Waals surface area contributed by atoms with Crippen LogP contribution in [-0.4, -0.2) is 47.0 Å². The largest absolute Gasteiger partial charge is 0.343 e. The molecule has 0 saturated heterocycles. The van der Waals surface area contributed by atoms with E-state index in [-0.39, 0.29) is 29.7 Å². The van der Waals surface area contributed by atoms with Gasteiger partial charge in [0.2, 0.25) is 11.8 Å². The third-order valence-corrected chi connectivity index (χ3v) is 6.54. The molecule has 1 saturated carbocycles. The molecular weight excluding hydrogens is 350 g/mol. The summed E-state index contributed by atoms with van der Waals surface area (Å²) in [6, 6.07) is 6.45. The van der Waals surface area contributed by atoms with Crippen molar-refractivity contribution in [3.8, 4) is 0 Å². The molecule has 0 bridgehead atoms. The van der Waals surface area contributed by atoms with E-state index < -0.39 is 0 Å². The van der Waals surface area contributed by atoms with Crippen LogP contribution in [0.4, 0.5) is 0 Å². The van der Waals surface area contributed by atoms with Crippen LogP contribution in [0.1, 0.15) is 42.6 Å². The molecule has 1 N–H and O–H groups in total. The minimum absolute atomic E-state index is 0.127. The Morgan fingerprint density at radius 2 is 2.00 bits per heavy atom. The summed E-state index contributed by atoms with van der Waals surface area (Å²) in [4.78, 5) is 27.6. The fraction of sp³-hybridized carbons (Fsp3) is 0.478. The number of aromatic nitrogens is 1. The summed E-state index contributed by atoms with van der Waals surface area (Å²) in [5.41, 5.74) is 4.64. The van der Waals surface area contributed by atoms with Crippen molar-refractivity contribution in [2.24, 2.45) is 11.8 Å². The van der Waals surface area contributed by atoms with Crippen molar-refractivity contribution in [3.05, 3.63) is 41.6 Å². The average Bonchev–Trinajstić information content (AvgIpc) is 3.51. The number of hydrogen-bond donors (Lipinski definition) is 1. The van der Waals surface area contributed by atoms with Crippen LogP contribution in [0.5, 0.6) is 0 Å². The number of carbonyl (C=O) groups excluding carboxylic acids is 2. The second-order valence-electron chi connectivity index (χ2n) is 8.24. The molecule has 0 unspecified atom stereocenters.